The van der Waals surface area contributed by atoms with Crippen molar-refractivity contribution in [2.45, 2.75) is 26.8 Å². The van der Waals surface area contributed by atoms with Crippen LogP contribution in [0.25, 0.3) is 0 Å². The first-order valence-electron chi connectivity index (χ1n) is 4.66. The zero-order valence-corrected chi connectivity index (χ0v) is 12.1. The van der Waals surface area contributed by atoms with Crippen molar-refractivity contribution in [1.29, 1.82) is 0 Å². The van der Waals surface area contributed by atoms with Crippen LogP contribution in [0, 0.1) is 6.92 Å². The van der Waals surface area contributed by atoms with Gasteiger partial charge in [0.15, 0.2) is 5.96 Å². The average molecular weight is 340 g/mol. The highest BCUT2D eigenvalue weighted by molar-refractivity contribution is 14.0. The number of nitrogens with one attached hydrogen (secondary N) is 1. The predicted octanol–water partition coefficient (Wildman–Crippen LogP) is 1.88. The number of halogens is 1. The summed E-state index contributed by atoms with van der Waals surface area (Å²) in [6.45, 7) is 5.57. The summed E-state index contributed by atoms with van der Waals surface area (Å²) < 4.78 is 0. The molecule has 0 spiro atoms. The molecule has 0 aromatic carbocycles. The van der Waals surface area contributed by atoms with Crippen molar-refractivity contribution in [2.24, 2.45) is 10.7 Å². The summed E-state index contributed by atoms with van der Waals surface area (Å²) in [5.41, 5.74) is 8.52. The highest BCUT2D eigenvalue weighted by Crippen LogP contribution is 2.12. The molecule has 0 atom stereocenters. The molecule has 6 heteroatoms. The fourth-order valence-electron chi connectivity index (χ4n) is 0.944. The molecule has 0 aliphatic heterocycles. The van der Waals surface area contributed by atoms with Crippen molar-refractivity contribution >= 4 is 41.3 Å². The van der Waals surface area contributed by atoms with E-state index in [1.165, 1.54) is 4.88 Å². The highest BCUT2D eigenvalue weighted by atomic mass is 127. The van der Waals surface area contributed by atoms with Crippen LogP contribution in [0.15, 0.2) is 10.5 Å². The van der Waals surface area contributed by atoms with Crippen LogP contribution in [-0.2, 0) is 6.54 Å². The molecule has 0 saturated carbocycles. The number of thiazole rings is 1. The van der Waals surface area contributed by atoms with Crippen molar-refractivity contribution in [3.05, 3.63) is 16.1 Å². The van der Waals surface area contributed by atoms with Gasteiger partial charge in [0.1, 0.15) is 0 Å². The van der Waals surface area contributed by atoms with E-state index in [2.05, 4.69) is 22.2 Å². The summed E-state index contributed by atoms with van der Waals surface area (Å²) in [6.07, 6.45) is 1.05. The predicted molar refractivity (Wildman–Crippen MR) is 75.9 cm³/mol. The Hall–Kier alpha value is -0.370. The maximum atomic E-state index is 5.65. The zero-order chi connectivity index (χ0) is 10.4. The number of hydrogen-bond acceptors (Lipinski definition) is 3. The van der Waals surface area contributed by atoms with Crippen molar-refractivity contribution in [3.63, 3.8) is 0 Å². The van der Waals surface area contributed by atoms with Crippen LogP contribution >= 0.6 is 35.3 Å². The van der Waals surface area contributed by atoms with Crippen LogP contribution in [0.1, 0.15) is 23.9 Å². The second-order valence-corrected chi connectivity index (χ2v) is 3.93. The fraction of sp³-hybridized carbons (Fsp3) is 0.556. The lowest BCUT2D eigenvalue weighted by atomic mass is 10.4. The van der Waals surface area contributed by atoms with Crippen molar-refractivity contribution in [2.75, 3.05) is 6.54 Å². The van der Waals surface area contributed by atoms with E-state index < -0.39 is 0 Å². The molecule has 0 bridgehead atoms. The van der Waals surface area contributed by atoms with Gasteiger partial charge < -0.3 is 11.1 Å². The monoisotopic (exact) mass is 340 g/mol. The van der Waals surface area contributed by atoms with Gasteiger partial charge in [-0.1, -0.05) is 6.92 Å². The smallest absolute Gasteiger partial charge is 0.188 e. The van der Waals surface area contributed by atoms with Gasteiger partial charge in [-0.15, -0.1) is 35.3 Å². The summed E-state index contributed by atoms with van der Waals surface area (Å²) in [4.78, 5) is 9.54. The lowest BCUT2D eigenvalue weighted by Gasteiger charge is -2.02. The SMILES string of the molecule is CCCNC(N)=NCc1scnc1C.I. The van der Waals surface area contributed by atoms with E-state index in [0.717, 1.165) is 18.7 Å². The summed E-state index contributed by atoms with van der Waals surface area (Å²) >= 11 is 1.61. The van der Waals surface area contributed by atoms with Crippen LogP contribution in [-0.4, -0.2) is 17.5 Å². The van der Waals surface area contributed by atoms with E-state index in [0.29, 0.717) is 12.5 Å². The molecule has 0 amide bonds. The van der Waals surface area contributed by atoms with Crippen molar-refractivity contribution in [1.82, 2.24) is 10.3 Å². The second-order valence-electron chi connectivity index (χ2n) is 2.99. The third-order valence-electron chi connectivity index (χ3n) is 1.79. The van der Waals surface area contributed by atoms with Crippen molar-refractivity contribution < 1.29 is 0 Å². The fourth-order valence-corrected chi connectivity index (χ4v) is 1.64. The van der Waals surface area contributed by atoms with Crippen molar-refractivity contribution in [3.8, 4) is 0 Å². The Bertz CT molecular complexity index is 311. The highest BCUT2D eigenvalue weighted by Gasteiger charge is 1.99. The number of aromatic nitrogens is 1. The molecular formula is C9H17IN4S. The first kappa shape index (κ1) is 14.6. The molecule has 1 heterocycles. The second kappa shape index (κ2) is 7.86. The maximum Gasteiger partial charge on any atom is 0.188 e. The number of nitrogens with zero attached hydrogens (tertiary/aromatic N) is 2. The quantitative estimate of drug-likeness (QED) is 0.500. The molecule has 3 N–H and O–H groups in total. The number of aliphatic imine (C=N–C) groups is 1. The van der Waals surface area contributed by atoms with E-state index in [-0.39, 0.29) is 24.0 Å². The minimum Gasteiger partial charge on any atom is -0.370 e. The Morgan fingerprint density at radius 1 is 1.67 bits per heavy atom. The van der Waals surface area contributed by atoms with E-state index in [1.54, 1.807) is 11.3 Å². The van der Waals surface area contributed by atoms with Crippen LogP contribution in [0.4, 0.5) is 0 Å². The molecule has 0 aliphatic rings. The first-order chi connectivity index (χ1) is 6.74. The third kappa shape index (κ3) is 5.31. The molecule has 4 nitrogen and oxygen atoms in total. The van der Waals surface area contributed by atoms with Gasteiger partial charge in [0.25, 0.3) is 0 Å². The Kier molecular flexibility index (Phi) is 7.67. The number of nitrogens with two attached hydrogens (primary N) is 1. The van der Waals surface area contributed by atoms with E-state index in [1.807, 2.05) is 12.4 Å². The van der Waals surface area contributed by atoms with Gasteiger partial charge >= 0.3 is 0 Å². The molecular weight excluding hydrogens is 323 g/mol. The Morgan fingerprint density at radius 3 is 2.93 bits per heavy atom. The molecule has 0 unspecified atom stereocenters. The van der Waals surface area contributed by atoms with Gasteiger partial charge in [-0.05, 0) is 13.3 Å². The summed E-state index contributed by atoms with van der Waals surface area (Å²) in [5.74, 6) is 0.514. The van der Waals surface area contributed by atoms with E-state index in [4.69, 9.17) is 5.73 Å². The largest absolute Gasteiger partial charge is 0.370 e. The minimum atomic E-state index is 0. The Labute approximate surface area is 111 Å². The lowest BCUT2D eigenvalue weighted by molar-refractivity contribution is 0.826. The van der Waals surface area contributed by atoms with Gasteiger partial charge in [-0.2, -0.15) is 0 Å². The van der Waals surface area contributed by atoms with Crippen LogP contribution < -0.4 is 11.1 Å². The first-order valence-corrected chi connectivity index (χ1v) is 5.54. The molecule has 0 fully saturated rings. The van der Waals surface area contributed by atoms with Gasteiger partial charge in [0.05, 0.1) is 17.7 Å². The van der Waals surface area contributed by atoms with Crippen LogP contribution in [0.2, 0.25) is 0 Å². The van der Waals surface area contributed by atoms with Crippen LogP contribution in [0.3, 0.4) is 0 Å². The average Bonchev–Trinajstić information content (AvgIpc) is 2.58. The lowest BCUT2D eigenvalue weighted by Crippen LogP contribution is -2.32. The van der Waals surface area contributed by atoms with Gasteiger partial charge in [0.2, 0.25) is 0 Å². The van der Waals surface area contributed by atoms with Crippen LogP contribution in [0.5, 0.6) is 0 Å². The summed E-state index contributed by atoms with van der Waals surface area (Å²) in [7, 11) is 0. The third-order valence-corrected chi connectivity index (χ3v) is 2.71. The molecule has 0 radical (unpaired) electrons. The summed E-state index contributed by atoms with van der Waals surface area (Å²) in [5, 5.41) is 3.03. The van der Waals surface area contributed by atoms with Gasteiger partial charge in [-0.3, -0.25) is 0 Å². The number of guanidine groups is 1. The Morgan fingerprint density at radius 2 is 2.40 bits per heavy atom. The zero-order valence-electron chi connectivity index (χ0n) is 8.99. The summed E-state index contributed by atoms with van der Waals surface area (Å²) in [6, 6.07) is 0. The van der Waals surface area contributed by atoms with Gasteiger partial charge in [0, 0.05) is 11.4 Å². The van der Waals surface area contributed by atoms with Gasteiger partial charge in [-0.25, -0.2) is 9.98 Å². The van der Waals surface area contributed by atoms with E-state index in [9.17, 15) is 0 Å². The molecule has 15 heavy (non-hydrogen) atoms. The normalized spacial score (nSPS) is 10.9. The molecule has 1 rings (SSSR count). The Balaban J connectivity index is 0.00000196. The standard InChI is InChI=1S/C9H16N4S.HI/c1-3-4-11-9(10)12-5-8-7(2)13-6-14-8;/h6H,3-5H2,1-2H3,(H3,10,11,12);1H. The molecule has 86 valence electrons. The molecule has 1 aromatic heterocycles. The minimum absolute atomic E-state index is 0. The maximum absolute atomic E-state index is 5.65. The molecule has 0 aliphatic carbocycles. The number of aryl methyl sites for hydroxylation is 1. The van der Waals surface area contributed by atoms with E-state index >= 15 is 0 Å². The number of hydrogen-bond donors (Lipinski definition) is 2. The number of rotatable bonds is 4. The molecule has 0 saturated heterocycles. The topological polar surface area (TPSA) is 63.3 Å². The molecule has 1 aromatic rings.